The van der Waals surface area contributed by atoms with Gasteiger partial charge in [0.2, 0.25) is 0 Å². The third-order valence-electron chi connectivity index (χ3n) is 3.93. The number of hydrogen-bond donors (Lipinski definition) is 1. The number of halogens is 1. The van der Waals surface area contributed by atoms with Crippen LogP contribution < -0.4 is 18.1 Å². The molecule has 0 amide bonds. The van der Waals surface area contributed by atoms with E-state index in [0.717, 1.165) is 0 Å². The SMILES string of the molecule is [Cl-].[NH3+]C1CC(c2ccccc2)(c2ccccc2)C1. The van der Waals surface area contributed by atoms with Crippen molar-refractivity contribution >= 4 is 0 Å². The van der Waals surface area contributed by atoms with Crippen molar-refractivity contribution in [1.29, 1.82) is 0 Å². The van der Waals surface area contributed by atoms with Crippen molar-refractivity contribution in [2.75, 3.05) is 0 Å². The van der Waals surface area contributed by atoms with E-state index in [1.807, 2.05) is 0 Å². The molecule has 0 bridgehead atoms. The molecule has 18 heavy (non-hydrogen) atoms. The van der Waals surface area contributed by atoms with E-state index in [9.17, 15) is 0 Å². The third-order valence-corrected chi connectivity index (χ3v) is 3.93. The molecule has 0 heterocycles. The van der Waals surface area contributed by atoms with Gasteiger partial charge in [-0.2, -0.15) is 0 Å². The molecule has 0 aliphatic heterocycles. The summed E-state index contributed by atoms with van der Waals surface area (Å²) >= 11 is 0. The van der Waals surface area contributed by atoms with Gasteiger partial charge in [0.05, 0.1) is 6.04 Å². The molecule has 0 radical (unpaired) electrons. The average molecular weight is 260 g/mol. The summed E-state index contributed by atoms with van der Waals surface area (Å²) in [5.74, 6) is 0. The summed E-state index contributed by atoms with van der Waals surface area (Å²) < 4.78 is 0. The van der Waals surface area contributed by atoms with Gasteiger partial charge in [-0.05, 0) is 11.1 Å². The Bertz CT molecular complexity index is 448. The molecule has 0 unspecified atom stereocenters. The lowest BCUT2D eigenvalue weighted by Crippen LogP contribution is -3.00. The minimum absolute atomic E-state index is 0. The van der Waals surface area contributed by atoms with E-state index < -0.39 is 0 Å². The van der Waals surface area contributed by atoms with Crippen molar-refractivity contribution in [3.05, 3.63) is 71.8 Å². The summed E-state index contributed by atoms with van der Waals surface area (Å²) in [5.41, 5.74) is 7.28. The van der Waals surface area contributed by atoms with Crippen LogP contribution in [0.5, 0.6) is 0 Å². The topological polar surface area (TPSA) is 27.6 Å². The molecule has 1 nitrogen and oxygen atoms in total. The zero-order chi connectivity index (χ0) is 11.7. The van der Waals surface area contributed by atoms with Crippen molar-refractivity contribution in [2.45, 2.75) is 24.3 Å². The van der Waals surface area contributed by atoms with Gasteiger partial charge in [-0.15, -0.1) is 0 Å². The van der Waals surface area contributed by atoms with Gasteiger partial charge in [-0.25, -0.2) is 0 Å². The first-order chi connectivity index (χ1) is 8.31. The fourth-order valence-corrected chi connectivity index (χ4v) is 3.08. The Morgan fingerprint density at radius 2 is 1.17 bits per heavy atom. The van der Waals surface area contributed by atoms with Crippen molar-refractivity contribution in [1.82, 2.24) is 0 Å². The van der Waals surface area contributed by atoms with Crippen molar-refractivity contribution in [2.24, 2.45) is 0 Å². The smallest absolute Gasteiger partial charge is 0.0867 e. The number of rotatable bonds is 2. The van der Waals surface area contributed by atoms with Crippen molar-refractivity contribution in [3.63, 3.8) is 0 Å². The molecule has 3 N–H and O–H groups in total. The van der Waals surface area contributed by atoms with Crippen LogP contribution in [-0.4, -0.2) is 6.04 Å². The Labute approximate surface area is 114 Å². The van der Waals surface area contributed by atoms with E-state index >= 15 is 0 Å². The molecule has 2 aromatic rings. The molecule has 94 valence electrons. The molecular weight excluding hydrogens is 242 g/mol. The standard InChI is InChI=1S/C16H17N.ClH/c17-15-11-16(12-15,13-7-3-1-4-8-13)14-9-5-2-6-10-14;/h1-10,15H,11-12,17H2;1H. The highest BCUT2D eigenvalue weighted by atomic mass is 35.5. The maximum absolute atomic E-state index is 4.19. The van der Waals surface area contributed by atoms with Gasteiger partial charge in [0.1, 0.15) is 0 Å². The number of hydrogen-bond acceptors (Lipinski definition) is 0. The molecule has 3 rings (SSSR count). The first-order valence-corrected chi connectivity index (χ1v) is 6.25. The lowest BCUT2D eigenvalue weighted by atomic mass is 9.58. The Hall–Kier alpha value is -1.31. The Balaban J connectivity index is 0.00000120. The molecule has 0 aromatic heterocycles. The van der Waals surface area contributed by atoms with Crippen LogP contribution in [0.3, 0.4) is 0 Å². The number of quaternary nitrogens is 1. The molecule has 2 aromatic carbocycles. The second kappa shape index (κ2) is 5.13. The van der Waals surface area contributed by atoms with Gasteiger partial charge in [-0.1, -0.05) is 60.7 Å². The fraction of sp³-hybridized carbons (Fsp3) is 0.250. The van der Waals surface area contributed by atoms with E-state index in [2.05, 4.69) is 66.4 Å². The van der Waals surface area contributed by atoms with E-state index in [1.54, 1.807) is 0 Å². The Morgan fingerprint density at radius 3 is 1.50 bits per heavy atom. The minimum Gasteiger partial charge on any atom is -1.00 e. The van der Waals surface area contributed by atoms with Gasteiger partial charge < -0.3 is 18.1 Å². The van der Waals surface area contributed by atoms with E-state index in [0.29, 0.717) is 6.04 Å². The van der Waals surface area contributed by atoms with E-state index in [4.69, 9.17) is 0 Å². The molecule has 1 aliphatic carbocycles. The first-order valence-electron chi connectivity index (χ1n) is 6.25. The Morgan fingerprint density at radius 1 is 0.778 bits per heavy atom. The quantitative estimate of drug-likeness (QED) is 0.745. The Kier molecular flexibility index (Phi) is 3.74. The molecule has 1 aliphatic rings. The summed E-state index contributed by atoms with van der Waals surface area (Å²) in [5, 5.41) is 0. The van der Waals surface area contributed by atoms with E-state index in [1.165, 1.54) is 24.0 Å². The van der Waals surface area contributed by atoms with E-state index in [-0.39, 0.29) is 17.8 Å². The zero-order valence-corrected chi connectivity index (χ0v) is 11.1. The number of benzene rings is 2. The monoisotopic (exact) mass is 259 g/mol. The first kappa shape index (κ1) is 13.1. The largest absolute Gasteiger partial charge is 1.00 e. The van der Waals surface area contributed by atoms with Crippen LogP contribution in [0.25, 0.3) is 0 Å². The van der Waals surface area contributed by atoms with Crippen LogP contribution in [0.1, 0.15) is 24.0 Å². The average Bonchev–Trinajstić information content (AvgIpc) is 2.37. The highest BCUT2D eigenvalue weighted by Gasteiger charge is 2.47. The zero-order valence-electron chi connectivity index (χ0n) is 10.4. The third kappa shape index (κ3) is 2.05. The van der Waals surface area contributed by atoms with Crippen molar-refractivity contribution < 1.29 is 18.1 Å². The van der Waals surface area contributed by atoms with Gasteiger partial charge in [-0.3, -0.25) is 0 Å². The predicted octanol–water partition coefficient (Wildman–Crippen LogP) is -0.619. The normalized spacial score (nSPS) is 17.6. The lowest BCUT2D eigenvalue weighted by molar-refractivity contribution is -0.445. The summed E-state index contributed by atoms with van der Waals surface area (Å²) in [7, 11) is 0. The highest BCUT2D eigenvalue weighted by molar-refractivity contribution is 5.42. The molecule has 2 heteroatoms. The second-order valence-corrected chi connectivity index (χ2v) is 5.09. The van der Waals surface area contributed by atoms with Crippen LogP contribution in [0, 0.1) is 0 Å². The molecule has 1 saturated carbocycles. The lowest BCUT2D eigenvalue weighted by Gasteiger charge is -2.45. The van der Waals surface area contributed by atoms with Crippen LogP contribution in [0.2, 0.25) is 0 Å². The minimum atomic E-state index is 0. The molecule has 0 atom stereocenters. The molecular formula is C16H18ClN. The van der Waals surface area contributed by atoms with Crippen LogP contribution in [0.4, 0.5) is 0 Å². The predicted molar refractivity (Wildman–Crippen MR) is 69.6 cm³/mol. The van der Waals surface area contributed by atoms with Gasteiger partial charge in [0, 0.05) is 18.3 Å². The summed E-state index contributed by atoms with van der Waals surface area (Å²) in [6.07, 6.45) is 2.34. The van der Waals surface area contributed by atoms with Gasteiger partial charge >= 0.3 is 0 Å². The molecule has 0 spiro atoms. The van der Waals surface area contributed by atoms with Crippen molar-refractivity contribution in [3.8, 4) is 0 Å². The summed E-state index contributed by atoms with van der Waals surface area (Å²) in [6, 6.07) is 22.3. The summed E-state index contributed by atoms with van der Waals surface area (Å²) in [4.78, 5) is 0. The van der Waals surface area contributed by atoms with Gasteiger partial charge in [0.25, 0.3) is 0 Å². The fourth-order valence-electron chi connectivity index (χ4n) is 3.08. The summed E-state index contributed by atoms with van der Waals surface area (Å²) in [6.45, 7) is 0. The molecule has 1 fully saturated rings. The molecule has 0 saturated heterocycles. The van der Waals surface area contributed by atoms with Crippen LogP contribution in [-0.2, 0) is 5.41 Å². The second-order valence-electron chi connectivity index (χ2n) is 5.09. The van der Waals surface area contributed by atoms with Crippen LogP contribution >= 0.6 is 0 Å². The maximum atomic E-state index is 4.19. The van der Waals surface area contributed by atoms with Crippen LogP contribution in [0.15, 0.2) is 60.7 Å². The van der Waals surface area contributed by atoms with Gasteiger partial charge in [0.15, 0.2) is 0 Å². The maximum Gasteiger partial charge on any atom is 0.0867 e. The highest BCUT2D eigenvalue weighted by Crippen LogP contribution is 2.47.